The fourth-order valence-electron chi connectivity index (χ4n) is 0. The van der Waals surface area contributed by atoms with Gasteiger partial charge in [0.05, 0.1) is 11.8 Å². The largest absolute Gasteiger partial charge is 0.481 e. The fraction of sp³-hybridized carbons (Fsp3) is 0.750. The van der Waals surface area contributed by atoms with E-state index in [1.54, 1.807) is 27.7 Å². The normalized spacial score (nSPS) is 7.86. The summed E-state index contributed by atoms with van der Waals surface area (Å²) in [6.07, 6.45) is 0. The second kappa shape index (κ2) is 12.9. The first-order valence-electron chi connectivity index (χ1n) is 3.74. The molecule has 6 heteroatoms. The summed E-state index contributed by atoms with van der Waals surface area (Å²) in [6, 6.07) is 0. The Balaban J connectivity index is -0.0000000625. The highest BCUT2D eigenvalue weighted by atomic mass is 79.9. The van der Waals surface area contributed by atoms with Crippen LogP contribution in [0.1, 0.15) is 27.7 Å². The van der Waals surface area contributed by atoms with Crippen molar-refractivity contribution in [3.63, 3.8) is 0 Å². The Morgan fingerprint density at radius 3 is 0.857 bits per heavy atom. The van der Waals surface area contributed by atoms with E-state index in [1.165, 1.54) is 0 Å². The van der Waals surface area contributed by atoms with Gasteiger partial charge in [0.25, 0.3) is 0 Å². The van der Waals surface area contributed by atoms with E-state index in [-0.39, 0.29) is 45.8 Å². The number of aliphatic carboxylic acids is 2. The Labute approximate surface area is 105 Å². The molecule has 14 heavy (non-hydrogen) atoms. The summed E-state index contributed by atoms with van der Waals surface area (Å²) < 4.78 is 0. The van der Waals surface area contributed by atoms with E-state index < -0.39 is 11.9 Å². The number of carboxylic acids is 2. The van der Waals surface area contributed by atoms with Crippen molar-refractivity contribution in [2.45, 2.75) is 27.7 Å². The lowest BCUT2D eigenvalue weighted by Gasteiger charge is -1.89. The van der Waals surface area contributed by atoms with Crippen molar-refractivity contribution < 1.29 is 19.8 Å². The third-order valence-corrected chi connectivity index (χ3v) is 0.988. The number of halogens is 2. The molecule has 0 heterocycles. The Kier molecular flexibility index (Phi) is 21.7. The molecular weight excluding hydrogens is 320 g/mol. The van der Waals surface area contributed by atoms with Crippen molar-refractivity contribution in [2.24, 2.45) is 11.8 Å². The second-order valence-electron chi connectivity index (χ2n) is 2.99. The van der Waals surface area contributed by atoms with Gasteiger partial charge in [-0.25, -0.2) is 0 Å². The molecule has 0 aromatic heterocycles. The van der Waals surface area contributed by atoms with E-state index in [1.807, 2.05) is 0 Å². The number of hydrogen-bond acceptors (Lipinski definition) is 2. The monoisotopic (exact) mass is 336 g/mol. The number of carbonyl (C=O) groups is 2. The molecule has 0 aliphatic heterocycles. The average molecular weight is 338 g/mol. The third-order valence-electron chi connectivity index (χ3n) is 0.988. The first-order valence-corrected chi connectivity index (χ1v) is 3.74. The predicted molar refractivity (Wildman–Crippen MR) is 65.6 cm³/mol. The van der Waals surface area contributed by atoms with E-state index in [0.717, 1.165) is 0 Å². The minimum absolute atomic E-state index is 0. The Morgan fingerprint density at radius 1 is 0.786 bits per heavy atom. The molecular formula is C8H18Br2O4. The smallest absolute Gasteiger partial charge is 0.305 e. The molecule has 0 aromatic rings. The van der Waals surface area contributed by atoms with Gasteiger partial charge in [0.2, 0.25) is 0 Å². The summed E-state index contributed by atoms with van der Waals surface area (Å²) in [5, 5.41) is 16.0. The van der Waals surface area contributed by atoms with Crippen LogP contribution in [0.25, 0.3) is 0 Å². The summed E-state index contributed by atoms with van der Waals surface area (Å²) in [6.45, 7) is 6.56. The Morgan fingerprint density at radius 2 is 0.857 bits per heavy atom. The molecule has 0 aliphatic rings. The molecule has 2 N–H and O–H groups in total. The summed E-state index contributed by atoms with van der Waals surface area (Å²) in [5.41, 5.74) is 0. The van der Waals surface area contributed by atoms with Crippen LogP contribution in [0.5, 0.6) is 0 Å². The standard InChI is InChI=1S/2C4H8O2.2BrH/c2*1-3(2)4(5)6;;/h2*3H,1-2H3,(H,5,6);2*1H. The average Bonchev–Trinajstić information content (AvgIpc) is 1.88. The van der Waals surface area contributed by atoms with Gasteiger partial charge in [0.15, 0.2) is 0 Å². The van der Waals surface area contributed by atoms with E-state index in [2.05, 4.69) is 0 Å². The summed E-state index contributed by atoms with van der Waals surface area (Å²) in [5.74, 6) is -1.94. The SMILES string of the molecule is Br.Br.CC(C)C(=O)O.CC(C)C(=O)O. The van der Waals surface area contributed by atoms with Gasteiger partial charge in [-0.15, -0.1) is 34.0 Å². The van der Waals surface area contributed by atoms with Crippen LogP contribution >= 0.6 is 34.0 Å². The summed E-state index contributed by atoms with van der Waals surface area (Å²) >= 11 is 0. The molecule has 0 aromatic carbocycles. The molecule has 0 fully saturated rings. The van der Waals surface area contributed by atoms with E-state index in [0.29, 0.717) is 0 Å². The lowest BCUT2D eigenvalue weighted by molar-refractivity contribution is -0.141. The molecule has 0 radical (unpaired) electrons. The first-order chi connectivity index (χ1) is 5.29. The summed E-state index contributed by atoms with van der Waals surface area (Å²) in [4.78, 5) is 19.4. The minimum Gasteiger partial charge on any atom is -0.481 e. The predicted octanol–water partition coefficient (Wildman–Crippen LogP) is 2.61. The molecule has 0 aliphatic carbocycles. The molecule has 0 unspecified atom stereocenters. The maximum Gasteiger partial charge on any atom is 0.305 e. The van der Waals surface area contributed by atoms with Gasteiger partial charge in [0.1, 0.15) is 0 Å². The lowest BCUT2D eigenvalue weighted by atomic mass is 10.2. The Bertz CT molecular complexity index is 139. The van der Waals surface area contributed by atoms with Crippen molar-refractivity contribution in [1.82, 2.24) is 0 Å². The van der Waals surface area contributed by atoms with Crippen molar-refractivity contribution in [1.29, 1.82) is 0 Å². The molecule has 4 nitrogen and oxygen atoms in total. The molecule has 88 valence electrons. The maximum atomic E-state index is 9.70. The van der Waals surface area contributed by atoms with Gasteiger partial charge in [-0.2, -0.15) is 0 Å². The molecule has 0 bridgehead atoms. The topological polar surface area (TPSA) is 74.6 Å². The van der Waals surface area contributed by atoms with Crippen LogP contribution in [0.15, 0.2) is 0 Å². The van der Waals surface area contributed by atoms with E-state index >= 15 is 0 Å². The van der Waals surface area contributed by atoms with Gasteiger partial charge >= 0.3 is 11.9 Å². The van der Waals surface area contributed by atoms with E-state index in [4.69, 9.17) is 10.2 Å². The quantitative estimate of drug-likeness (QED) is 0.812. The van der Waals surface area contributed by atoms with Gasteiger partial charge in [-0.1, -0.05) is 27.7 Å². The van der Waals surface area contributed by atoms with Gasteiger partial charge in [0, 0.05) is 0 Å². The van der Waals surface area contributed by atoms with Crippen molar-refractivity contribution in [3.05, 3.63) is 0 Å². The molecule has 0 saturated heterocycles. The van der Waals surface area contributed by atoms with Crippen molar-refractivity contribution >= 4 is 45.9 Å². The zero-order valence-electron chi connectivity index (χ0n) is 8.68. The first kappa shape index (κ1) is 23.6. The fourth-order valence-corrected chi connectivity index (χ4v) is 0. The number of carboxylic acid groups (broad SMARTS) is 2. The van der Waals surface area contributed by atoms with Crippen LogP contribution in [-0.4, -0.2) is 22.2 Å². The van der Waals surface area contributed by atoms with Gasteiger partial charge in [-0.05, 0) is 0 Å². The third kappa shape index (κ3) is 22.7. The number of hydrogen-bond donors (Lipinski definition) is 2. The van der Waals surface area contributed by atoms with Crippen LogP contribution in [-0.2, 0) is 9.59 Å². The van der Waals surface area contributed by atoms with E-state index in [9.17, 15) is 9.59 Å². The van der Waals surface area contributed by atoms with Crippen molar-refractivity contribution in [2.75, 3.05) is 0 Å². The van der Waals surface area contributed by atoms with Gasteiger partial charge < -0.3 is 10.2 Å². The maximum absolute atomic E-state index is 9.70. The highest BCUT2D eigenvalue weighted by molar-refractivity contribution is 8.93. The molecule has 0 spiro atoms. The number of rotatable bonds is 2. The van der Waals surface area contributed by atoms with Crippen LogP contribution in [0.3, 0.4) is 0 Å². The molecule has 0 saturated carbocycles. The van der Waals surface area contributed by atoms with Gasteiger partial charge in [-0.3, -0.25) is 9.59 Å². The molecule has 0 atom stereocenters. The van der Waals surface area contributed by atoms with Crippen LogP contribution < -0.4 is 0 Å². The minimum atomic E-state index is -0.741. The molecule has 0 rings (SSSR count). The molecule has 0 amide bonds. The lowest BCUT2D eigenvalue weighted by Crippen LogP contribution is -2.03. The summed E-state index contributed by atoms with van der Waals surface area (Å²) in [7, 11) is 0. The zero-order valence-corrected chi connectivity index (χ0v) is 12.1. The van der Waals surface area contributed by atoms with Crippen LogP contribution in [0.4, 0.5) is 0 Å². The zero-order chi connectivity index (χ0) is 10.3. The second-order valence-corrected chi connectivity index (χ2v) is 2.99. The highest BCUT2D eigenvalue weighted by Crippen LogP contribution is 1.87. The highest BCUT2D eigenvalue weighted by Gasteiger charge is 1.99. The Hall–Kier alpha value is -0.100. The van der Waals surface area contributed by atoms with Crippen LogP contribution in [0, 0.1) is 11.8 Å². The van der Waals surface area contributed by atoms with Crippen molar-refractivity contribution in [3.8, 4) is 0 Å². The van der Waals surface area contributed by atoms with Crippen LogP contribution in [0.2, 0.25) is 0 Å².